The van der Waals surface area contributed by atoms with Gasteiger partial charge < -0.3 is 21.5 Å². The predicted molar refractivity (Wildman–Crippen MR) is 101 cm³/mol. The molecule has 0 aliphatic heterocycles. The maximum Gasteiger partial charge on any atom is 0.245 e. The molecule has 1 aromatic carbocycles. The molecule has 5 N–H and O–H groups in total. The van der Waals surface area contributed by atoms with E-state index in [1.807, 2.05) is 6.92 Å². The summed E-state index contributed by atoms with van der Waals surface area (Å²) in [5, 5.41) is 2.44. The number of nitrogens with two attached hydrogens (primary N) is 2. The van der Waals surface area contributed by atoms with Crippen molar-refractivity contribution < 1.29 is 13.9 Å². The topological polar surface area (TPSA) is 129 Å². The van der Waals surface area contributed by atoms with Crippen molar-refractivity contribution in [1.82, 2.24) is 15.0 Å². The first-order valence-electron chi connectivity index (χ1n) is 8.32. The number of hydrogen-bond donors (Lipinski definition) is 3. The maximum absolute atomic E-state index is 14.4. The van der Waals surface area contributed by atoms with Gasteiger partial charge in [0.05, 0.1) is 29.5 Å². The van der Waals surface area contributed by atoms with Gasteiger partial charge in [0.25, 0.3) is 0 Å². The first-order valence-corrected chi connectivity index (χ1v) is 8.32. The number of nitrogen functional groups attached to an aromatic ring is 1. The number of amides is 1. The van der Waals surface area contributed by atoms with Gasteiger partial charge in [-0.1, -0.05) is 6.07 Å². The number of ether oxygens (including phenoxy) is 1. The summed E-state index contributed by atoms with van der Waals surface area (Å²) in [5.41, 5.74) is 13.2. The number of carbonyl (C=O) groups is 1. The van der Waals surface area contributed by atoms with Gasteiger partial charge in [-0.15, -0.1) is 0 Å². The van der Waals surface area contributed by atoms with Crippen LogP contribution in [0.15, 0.2) is 30.3 Å². The van der Waals surface area contributed by atoms with Crippen LogP contribution in [-0.4, -0.2) is 33.5 Å². The lowest BCUT2D eigenvalue weighted by Crippen LogP contribution is -2.32. The molecule has 9 heteroatoms. The molecule has 3 rings (SSSR count). The summed E-state index contributed by atoms with van der Waals surface area (Å²) in [4.78, 5) is 24.3. The van der Waals surface area contributed by atoms with Gasteiger partial charge in [0.1, 0.15) is 5.82 Å². The van der Waals surface area contributed by atoms with Crippen LogP contribution >= 0.6 is 0 Å². The fourth-order valence-corrected chi connectivity index (χ4v) is 2.43. The van der Waals surface area contributed by atoms with E-state index in [-0.39, 0.29) is 17.5 Å². The molecule has 2 heterocycles. The molecule has 1 amide bonds. The lowest BCUT2D eigenvalue weighted by Gasteiger charge is -2.11. The number of aromatic nitrogens is 3. The molecule has 2 aromatic heterocycles. The molecular formula is C18H19FN6O2. The van der Waals surface area contributed by atoms with Crippen LogP contribution in [0.5, 0.6) is 5.88 Å². The molecular weight excluding hydrogens is 351 g/mol. The monoisotopic (exact) mass is 370 g/mol. The van der Waals surface area contributed by atoms with Crippen molar-refractivity contribution in [1.29, 1.82) is 0 Å². The summed E-state index contributed by atoms with van der Waals surface area (Å²) in [5.74, 6) is -0.715. The van der Waals surface area contributed by atoms with Gasteiger partial charge in [-0.2, -0.15) is 4.98 Å². The van der Waals surface area contributed by atoms with E-state index in [1.165, 1.54) is 19.1 Å². The third kappa shape index (κ3) is 3.93. The number of halogens is 1. The highest BCUT2D eigenvalue weighted by atomic mass is 19.1. The van der Waals surface area contributed by atoms with Crippen molar-refractivity contribution in [2.24, 2.45) is 5.73 Å². The van der Waals surface area contributed by atoms with E-state index < -0.39 is 17.8 Å². The number of anilines is 2. The van der Waals surface area contributed by atoms with Gasteiger partial charge in [-0.3, -0.25) is 4.79 Å². The van der Waals surface area contributed by atoms with Gasteiger partial charge in [0.15, 0.2) is 5.52 Å². The van der Waals surface area contributed by atoms with E-state index in [0.29, 0.717) is 28.9 Å². The molecule has 140 valence electrons. The Hall–Kier alpha value is -3.33. The first kappa shape index (κ1) is 18.5. The zero-order valence-corrected chi connectivity index (χ0v) is 14.9. The van der Waals surface area contributed by atoms with Crippen LogP contribution in [0.4, 0.5) is 16.0 Å². The summed E-state index contributed by atoms with van der Waals surface area (Å²) in [6.07, 6.45) is 0. The summed E-state index contributed by atoms with van der Waals surface area (Å²) >= 11 is 0. The average Bonchev–Trinajstić information content (AvgIpc) is 2.63. The second-order valence-corrected chi connectivity index (χ2v) is 5.86. The van der Waals surface area contributed by atoms with Crippen LogP contribution in [0.25, 0.3) is 22.3 Å². The van der Waals surface area contributed by atoms with Crippen LogP contribution in [0.3, 0.4) is 0 Å². The normalized spacial score (nSPS) is 12.0. The molecule has 0 spiro atoms. The Labute approximate surface area is 154 Å². The second kappa shape index (κ2) is 7.50. The average molecular weight is 370 g/mol. The summed E-state index contributed by atoms with van der Waals surface area (Å²) in [7, 11) is 0. The third-order valence-electron chi connectivity index (χ3n) is 3.74. The molecule has 0 fully saturated rings. The molecule has 0 saturated heterocycles. The number of carbonyl (C=O) groups excluding carboxylic acids is 1. The summed E-state index contributed by atoms with van der Waals surface area (Å²) in [6.45, 7) is 3.73. The van der Waals surface area contributed by atoms with Gasteiger partial charge in [0, 0.05) is 5.56 Å². The highest BCUT2D eigenvalue weighted by molar-refractivity contribution is 5.94. The fourth-order valence-electron chi connectivity index (χ4n) is 2.43. The largest absolute Gasteiger partial charge is 0.476 e. The molecule has 0 aliphatic rings. The molecule has 3 aromatic rings. The van der Waals surface area contributed by atoms with Gasteiger partial charge >= 0.3 is 0 Å². The zero-order valence-electron chi connectivity index (χ0n) is 14.9. The van der Waals surface area contributed by atoms with Gasteiger partial charge in [-0.25, -0.2) is 14.4 Å². The Bertz CT molecular complexity index is 1010. The zero-order chi connectivity index (χ0) is 19.6. The molecule has 8 nitrogen and oxygen atoms in total. The summed E-state index contributed by atoms with van der Waals surface area (Å²) in [6, 6.07) is 7.05. The smallest absolute Gasteiger partial charge is 0.245 e. The minimum Gasteiger partial charge on any atom is -0.476 e. The van der Waals surface area contributed by atoms with E-state index in [1.54, 1.807) is 18.2 Å². The Morgan fingerprint density at radius 1 is 1.26 bits per heavy atom. The Morgan fingerprint density at radius 2 is 2.04 bits per heavy atom. The van der Waals surface area contributed by atoms with E-state index in [0.717, 1.165) is 0 Å². The minimum absolute atomic E-state index is 0.0490. The first-order chi connectivity index (χ1) is 12.9. The van der Waals surface area contributed by atoms with Gasteiger partial charge in [0.2, 0.25) is 17.7 Å². The van der Waals surface area contributed by atoms with Crippen molar-refractivity contribution in [3.8, 4) is 17.1 Å². The number of hydrogen-bond acceptors (Lipinski definition) is 7. The lowest BCUT2D eigenvalue weighted by atomic mass is 10.1. The summed E-state index contributed by atoms with van der Waals surface area (Å²) < 4.78 is 19.8. The highest BCUT2D eigenvalue weighted by Crippen LogP contribution is 2.28. The van der Waals surface area contributed by atoms with Crippen molar-refractivity contribution >= 4 is 28.6 Å². The van der Waals surface area contributed by atoms with Crippen molar-refractivity contribution in [2.75, 3.05) is 17.7 Å². The molecule has 0 bridgehead atoms. The second-order valence-electron chi connectivity index (χ2n) is 5.86. The van der Waals surface area contributed by atoms with Gasteiger partial charge in [-0.05, 0) is 38.1 Å². The quantitative estimate of drug-likeness (QED) is 0.627. The standard InChI is InChI=1S/C18H19FN6O2/c1-3-27-17-15-14(24-18(21)25-17)7-6-12(22-15)10-4-5-13(11(19)8-10)23-16(26)9(2)20/h4-9H,3,20H2,1-2H3,(H,23,26)(H2,21,24,25)/t9-/m0/s1. The number of nitrogens with one attached hydrogen (secondary N) is 1. The minimum atomic E-state index is -0.740. The molecule has 27 heavy (non-hydrogen) atoms. The van der Waals surface area contributed by atoms with Crippen LogP contribution in [0.1, 0.15) is 13.8 Å². The highest BCUT2D eigenvalue weighted by Gasteiger charge is 2.14. The van der Waals surface area contributed by atoms with E-state index in [4.69, 9.17) is 16.2 Å². The molecule has 0 saturated carbocycles. The number of nitrogens with zero attached hydrogens (tertiary/aromatic N) is 3. The Morgan fingerprint density at radius 3 is 2.70 bits per heavy atom. The van der Waals surface area contributed by atoms with Crippen LogP contribution in [0.2, 0.25) is 0 Å². The Balaban J connectivity index is 2.00. The van der Waals surface area contributed by atoms with Crippen LogP contribution < -0.4 is 21.5 Å². The van der Waals surface area contributed by atoms with Crippen molar-refractivity contribution in [2.45, 2.75) is 19.9 Å². The van der Waals surface area contributed by atoms with E-state index >= 15 is 0 Å². The van der Waals surface area contributed by atoms with E-state index in [9.17, 15) is 9.18 Å². The van der Waals surface area contributed by atoms with Crippen LogP contribution in [-0.2, 0) is 4.79 Å². The number of benzene rings is 1. The predicted octanol–water partition coefficient (Wildman–Crippen LogP) is 2.10. The molecule has 1 atom stereocenters. The number of pyridine rings is 1. The fraction of sp³-hybridized carbons (Fsp3) is 0.222. The third-order valence-corrected chi connectivity index (χ3v) is 3.74. The number of fused-ring (bicyclic) bond motifs is 1. The van der Waals surface area contributed by atoms with Crippen molar-refractivity contribution in [3.63, 3.8) is 0 Å². The van der Waals surface area contributed by atoms with Crippen LogP contribution in [0, 0.1) is 5.82 Å². The maximum atomic E-state index is 14.4. The molecule has 0 aliphatic carbocycles. The molecule has 0 radical (unpaired) electrons. The van der Waals surface area contributed by atoms with E-state index in [2.05, 4.69) is 20.3 Å². The number of rotatable bonds is 5. The SMILES string of the molecule is CCOc1nc(N)nc2ccc(-c3ccc(NC(=O)[C@H](C)N)c(F)c3)nc12. The molecule has 0 unspecified atom stereocenters. The lowest BCUT2D eigenvalue weighted by molar-refractivity contribution is -0.117. The Kier molecular flexibility index (Phi) is 5.13. The van der Waals surface area contributed by atoms with Crippen molar-refractivity contribution in [3.05, 3.63) is 36.1 Å².